The van der Waals surface area contributed by atoms with Crippen molar-refractivity contribution in [3.63, 3.8) is 0 Å². The molecule has 2 atom stereocenters. The molecule has 2 unspecified atom stereocenters. The van der Waals surface area contributed by atoms with E-state index in [2.05, 4.69) is 19.7 Å². The van der Waals surface area contributed by atoms with Crippen LogP contribution in [0.15, 0.2) is 82.4 Å². The van der Waals surface area contributed by atoms with Crippen LogP contribution < -0.4 is 4.72 Å². The molecule has 172 valence electrons. The highest BCUT2D eigenvalue weighted by molar-refractivity contribution is 7.85. The lowest BCUT2D eigenvalue weighted by Crippen LogP contribution is -2.25. The van der Waals surface area contributed by atoms with Crippen LogP contribution in [-0.2, 0) is 11.0 Å². The maximum atomic E-state index is 15.3. The number of pyridine rings is 2. The molecule has 0 radical (unpaired) electrons. The predicted molar refractivity (Wildman–Crippen MR) is 128 cm³/mol. The standard InChI is InChI=1S/C23H15ClF2N4O2S2/c24-12-9-13-14(11-29-23(13)28-10-12)22(31)20-15(25)4-5-17(21(20)26)30-34(32)19-7-6-18(33-19)16-3-1-2-8-27-16/h1-3,5-11,15,30H,4H2,(H,28,29). The number of alkyl halides is 1. The number of Topliss-reactive ketones (excluding diaryl/α,β-unsaturated/α-hetero) is 1. The summed E-state index contributed by atoms with van der Waals surface area (Å²) < 4.78 is 45.9. The Morgan fingerprint density at radius 2 is 2.12 bits per heavy atom. The van der Waals surface area contributed by atoms with E-state index >= 15 is 4.39 Å². The molecule has 5 rings (SSSR count). The van der Waals surface area contributed by atoms with Gasteiger partial charge in [-0.1, -0.05) is 23.7 Å². The number of hydrogen-bond donors (Lipinski definition) is 2. The fourth-order valence-corrected chi connectivity index (χ4v) is 5.80. The van der Waals surface area contributed by atoms with E-state index < -0.39 is 34.3 Å². The molecule has 0 saturated carbocycles. The van der Waals surface area contributed by atoms with Crippen molar-refractivity contribution in [3.8, 4) is 10.6 Å². The quantitative estimate of drug-likeness (QED) is 0.322. The van der Waals surface area contributed by atoms with E-state index in [4.69, 9.17) is 11.6 Å². The number of rotatable bonds is 6. The Morgan fingerprint density at radius 1 is 1.26 bits per heavy atom. The molecule has 0 amide bonds. The van der Waals surface area contributed by atoms with Gasteiger partial charge in [-0.15, -0.1) is 11.3 Å². The summed E-state index contributed by atoms with van der Waals surface area (Å²) in [6.07, 6.45) is 3.57. The topological polar surface area (TPSA) is 87.7 Å². The Morgan fingerprint density at radius 3 is 2.91 bits per heavy atom. The van der Waals surface area contributed by atoms with Gasteiger partial charge in [0.05, 0.1) is 26.9 Å². The molecule has 4 aromatic rings. The number of fused-ring (bicyclic) bond motifs is 1. The van der Waals surface area contributed by atoms with Gasteiger partial charge in [-0.05, 0) is 30.3 Å². The van der Waals surface area contributed by atoms with Crippen molar-refractivity contribution in [3.05, 3.63) is 88.7 Å². The largest absolute Gasteiger partial charge is 0.345 e. The van der Waals surface area contributed by atoms with Gasteiger partial charge in [0.25, 0.3) is 0 Å². The van der Waals surface area contributed by atoms with Crippen LogP contribution in [0.25, 0.3) is 21.6 Å². The van der Waals surface area contributed by atoms with Crippen LogP contribution in [0.2, 0.25) is 5.02 Å². The molecule has 1 aliphatic rings. The summed E-state index contributed by atoms with van der Waals surface area (Å²) in [5.74, 6) is -1.91. The summed E-state index contributed by atoms with van der Waals surface area (Å²) in [4.78, 5) is 25.0. The van der Waals surface area contributed by atoms with Gasteiger partial charge in [0.2, 0.25) is 0 Å². The van der Waals surface area contributed by atoms with Gasteiger partial charge in [0, 0.05) is 36.0 Å². The second-order valence-corrected chi connectivity index (χ2v) is 10.3. The van der Waals surface area contributed by atoms with Crippen LogP contribution in [0.3, 0.4) is 0 Å². The van der Waals surface area contributed by atoms with Gasteiger partial charge in [-0.25, -0.2) is 18.0 Å². The number of aromatic nitrogens is 3. The number of carbonyl (C=O) groups excluding carboxylic acids is 1. The van der Waals surface area contributed by atoms with Crippen molar-refractivity contribution >= 4 is 50.7 Å². The first-order valence-electron chi connectivity index (χ1n) is 10.0. The summed E-state index contributed by atoms with van der Waals surface area (Å²) in [7, 11) is -1.83. The van der Waals surface area contributed by atoms with Gasteiger partial charge < -0.3 is 4.98 Å². The third-order valence-corrected chi connectivity index (χ3v) is 7.91. The Bertz CT molecular complexity index is 1500. The molecule has 34 heavy (non-hydrogen) atoms. The zero-order valence-corrected chi connectivity index (χ0v) is 19.6. The van der Waals surface area contributed by atoms with Crippen LogP contribution in [0.4, 0.5) is 8.78 Å². The number of halogens is 3. The third-order valence-electron chi connectivity index (χ3n) is 5.19. The number of H-pyrrole nitrogens is 1. The fourth-order valence-electron chi connectivity index (χ4n) is 3.57. The molecule has 6 nitrogen and oxygen atoms in total. The lowest BCUT2D eigenvalue weighted by Gasteiger charge is -2.19. The number of hydrogen-bond acceptors (Lipinski definition) is 5. The molecular formula is C23H15ClF2N4O2S2. The van der Waals surface area contributed by atoms with Crippen LogP contribution >= 0.6 is 22.9 Å². The third kappa shape index (κ3) is 4.20. The zero-order chi connectivity index (χ0) is 23.8. The smallest absolute Gasteiger partial charge is 0.197 e. The van der Waals surface area contributed by atoms with E-state index in [-0.39, 0.29) is 22.7 Å². The van der Waals surface area contributed by atoms with E-state index in [0.717, 1.165) is 10.6 Å². The average Bonchev–Trinajstić information content (AvgIpc) is 3.49. The number of nitrogens with one attached hydrogen (secondary N) is 2. The highest BCUT2D eigenvalue weighted by Crippen LogP contribution is 2.34. The minimum atomic E-state index is -1.85. The van der Waals surface area contributed by atoms with E-state index in [0.29, 0.717) is 15.2 Å². The average molecular weight is 517 g/mol. The molecule has 0 fully saturated rings. The van der Waals surface area contributed by atoms with Crippen molar-refractivity contribution < 1.29 is 17.8 Å². The number of thiophene rings is 1. The Labute approximate surface area is 204 Å². The first kappa shape index (κ1) is 22.6. The number of ketones is 1. The molecule has 0 spiro atoms. The molecule has 0 bridgehead atoms. The molecular weight excluding hydrogens is 502 g/mol. The van der Waals surface area contributed by atoms with Gasteiger partial charge in [-0.2, -0.15) is 0 Å². The van der Waals surface area contributed by atoms with Gasteiger partial charge in [0.15, 0.2) is 22.6 Å². The van der Waals surface area contributed by atoms with Gasteiger partial charge in [-0.3, -0.25) is 14.5 Å². The molecule has 1 aliphatic carbocycles. The molecule has 11 heteroatoms. The number of allylic oxidation sites excluding steroid dienone is 3. The molecule has 0 aliphatic heterocycles. The van der Waals surface area contributed by atoms with Gasteiger partial charge in [0.1, 0.15) is 16.0 Å². The lowest BCUT2D eigenvalue weighted by molar-refractivity contribution is 0.101. The number of carbonyl (C=O) groups is 1. The first-order chi connectivity index (χ1) is 16.4. The fraction of sp³-hybridized carbons (Fsp3) is 0.0870. The Hall–Kier alpha value is -3.21. The molecule has 4 heterocycles. The normalized spacial score (nSPS) is 17.0. The molecule has 4 aromatic heterocycles. The van der Waals surface area contributed by atoms with Crippen molar-refractivity contribution in [2.24, 2.45) is 0 Å². The minimum absolute atomic E-state index is 0.0541. The van der Waals surface area contributed by atoms with Crippen molar-refractivity contribution in [2.75, 3.05) is 0 Å². The van der Waals surface area contributed by atoms with E-state index in [1.807, 2.05) is 12.1 Å². The lowest BCUT2D eigenvalue weighted by atomic mass is 9.93. The number of aromatic amines is 1. The summed E-state index contributed by atoms with van der Waals surface area (Å²) in [6.45, 7) is 0. The second kappa shape index (κ2) is 9.21. The van der Waals surface area contributed by atoms with Crippen LogP contribution in [0.1, 0.15) is 16.8 Å². The van der Waals surface area contributed by atoms with Crippen molar-refractivity contribution in [2.45, 2.75) is 16.8 Å². The van der Waals surface area contributed by atoms with E-state index in [1.165, 1.54) is 35.9 Å². The molecule has 0 saturated heterocycles. The Kier molecular flexibility index (Phi) is 6.11. The maximum absolute atomic E-state index is 15.3. The van der Waals surface area contributed by atoms with Gasteiger partial charge >= 0.3 is 0 Å². The Balaban J connectivity index is 1.41. The molecule has 2 N–H and O–H groups in total. The summed E-state index contributed by atoms with van der Waals surface area (Å²) in [5, 5.41) is 0.646. The van der Waals surface area contributed by atoms with E-state index in [1.54, 1.807) is 24.4 Å². The monoisotopic (exact) mass is 516 g/mol. The predicted octanol–water partition coefficient (Wildman–Crippen LogP) is 5.68. The highest BCUT2D eigenvalue weighted by Gasteiger charge is 2.33. The highest BCUT2D eigenvalue weighted by atomic mass is 35.5. The van der Waals surface area contributed by atoms with Crippen molar-refractivity contribution in [1.29, 1.82) is 0 Å². The van der Waals surface area contributed by atoms with Crippen LogP contribution in [0.5, 0.6) is 0 Å². The van der Waals surface area contributed by atoms with E-state index in [9.17, 15) is 13.4 Å². The SMILES string of the molecule is O=C(C1=C(F)C(NS(=O)c2ccc(-c3ccccn3)s2)=CCC1F)c1c[nH]c2ncc(Cl)cc12. The zero-order valence-electron chi connectivity index (χ0n) is 17.2. The second-order valence-electron chi connectivity index (χ2n) is 7.33. The maximum Gasteiger partial charge on any atom is 0.197 e. The summed E-state index contributed by atoms with van der Waals surface area (Å²) >= 11 is 7.21. The summed E-state index contributed by atoms with van der Waals surface area (Å²) in [5.41, 5.74) is 0.317. The number of nitrogens with zero attached hydrogens (tertiary/aromatic N) is 2. The molecule has 0 aromatic carbocycles. The minimum Gasteiger partial charge on any atom is -0.345 e. The summed E-state index contributed by atoms with van der Waals surface area (Å²) in [6, 6.07) is 10.4. The van der Waals surface area contributed by atoms with Crippen molar-refractivity contribution in [1.82, 2.24) is 19.7 Å². The van der Waals surface area contributed by atoms with Crippen LogP contribution in [0, 0.1) is 0 Å². The first-order valence-corrected chi connectivity index (χ1v) is 12.4. The van der Waals surface area contributed by atoms with Crippen LogP contribution in [-0.4, -0.2) is 31.1 Å².